The van der Waals surface area contributed by atoms with Crippen molar-refractivity contribution in [3.63, 3.8) is 0 Å². The Labute approximate surface area is 113 Å². The van der Waals surface area contributed by atoms with Crippen molar-refractivity contribution in [3.8, 4) is 10.6 Å². The van der Waals surface area contributed by atoms with Crippen LogP contribution in [0, 0.1) is 10.1 Å². The summed E-state index contributed by atoms with van der Waals surface area (Å²) in [5, 5.41) is 21.4. The molecule has 3 rings (SSSR count). The lowest BCUT2D eigenvalue weighted by Crippen LogP contribution is -2.07. The van der Waals surface area contributed by atoms with Crippen LogP contribution >= 0.6 is 11.3 Å². The number of aromatic nitrogens is 1. The molecule has 1 aliphatic rings. The molecule has 0 radical (unpaired) electrons. The van der Waals surface area contributed by atoms with Crippen molar-refractivity contribution in [2.45, 2.75) is 25.4 Å². The Hall–Kier alpha value is -1.79. The van der Waals surface area contributed by atoms with Crippen molar-refractivity contribution in [2.75, 3.05) is 0 Å². The van der Waals surface area contributed by atoms with Gasteiger partial charge in [0.15, 0.2) is 0 Å². The molecule has 0 aliphatic heterocycles. The highest BCUT2D eigenvalue weighted by atomic mass is 32.1. The van der Waals surface area contributed by atoms with Gasteiger partial charge in [-0.25, -0.2) is 4.98 Å². The molecule has 0 spiro atoms. The van der Waals surface area contributed by atoms with Gasteiger partial charge in [-0.3, -0.25) is 10.1 Å². The van der Waals surface area contributed by atoms with E-state index in [1.54, 1.807) is 6.07 Å². The maximum absolute atomic E-state index is 10.8. The molecule has 1 aromatic heterocycles. The van der Waals surface area contributed by atoms with Gasteiger partial charge in [0.1, 0.15) is 5.01 Å². The van der Waals surface area contributed by atoms with E-state index >= 15 is 0 Å². The van der Waals surface area contributed by atoms with E-state index in [1.165, 1.54) is 23.5 Å². The summed E-state index contributed by atoms with van der Waals surface area (Å²) in [6.07, 6.45) is 2.14. The van der Waals surface area contributed by atoms with E-state index in [-0.39, 0.29) is 5.69 Å². The van der Waals surface area contributed by atoms with Crippen LogP contribution in [-0.4, -0.2) is 15.0 Å². The van der Waals surface area contributed by atoms with E-state index in [0.29, 0.717) is 0 Å². The van der Waals surface area contributed by atoms with Gasteiger partial charge < -0.3 is 5.11 Å². The molecule has 1 unspecified atom stereocenters. The number of aryl methyl sites for hydroxylation is 1. The van der Waals surface area contributed by atoms with Gasteiger partial charge in [-0.2, -0.15) is 0 Å². The Balaban J connectivity index is 2.03. The number of hydrogen-bond donors (Lipinski definition) is 1. The zero-order valence-electron chi connectivity index (χ0n) is 10.1. The van der Waals surface area contributed by atoms with Crippen LogP contribution in [0.5, 0.6) is 0 Å². The van der Waals surface area contributed by atoms with Crippen LogP contribution in [-0.2, 0) is 6.42 Å². The summed E-state index contributed by atoms with van der Waals surface area (Å²) >= 11 is 1.52. The number of nitro benzene ring substituents is 1. The Morgan fingerprint density at radius 2 is 2.32 bits per heavy atom. The van der Waals surface area contributed by atoms with Crippen LogP contribution in [0.15, 0.2) is 24.3 Å². The Kier molecular flexibility index (Phi) is 3.04. The van der Waals surface area contributed by atoms with Gasteiger partial charge in [0.2, 0.25) is 0 Å². The molecule has 0 amide bonds. The first-order chi connectivity index (χ1) is 9.15. The molecule has 1 heterocycles. The molecule has 1 N–H and O–H groups in total. The third-order valence-corrected chi connectivity index (χ3v) is 4.41. The lowest BCUT2D eigenvalue weighted by molar-refractivity contribution is -0.384. The van der Waals surface area contributed by atoms with Crippen molar-refractivity contribution < 1.29 is 10.0 Å². The minimum absolute atomic E-state index is 0.0613. The molecule has 1 aromatic carbocycles. The number of nitrogens with zero attached hydrogens (tertiary/aromatic N) is 2. The summed E-state index contributed by atoms with van der Waals surface area (Å²) in [4.78, 5) is 15.9. The maximum Gasteiger partial charge on any atom is 0.270 e. The average Bonchev–Trinajstić information content (AvgIpc) is 2.84. The van der Waals surface area contributed by atoms with Gasteiger partial charge in [-0.1, -0.05) is 12.1 Å². The highest BCUT2D eigenvalue weighted by Crippen LogP contribution is 2.37. The topological polar surface area (TPSA) is 76.3 Å². The summed E-state index contributed by atoms with van der Waals surface area (Å²) in [6.45, 7) is 0. The smallest absolute Gasteiger partial charge is 0.270 e. The molecular weight excluding hydrogens is 264 g/mol. The molecule has 6 heteroatoms. The molecule has 1 aliphatic carbocycles. The number of benzene rings is 1. The number of rotatable bonds is 2. The van der Waals surface area contributed by atoms with E-state index in [1.807, 2.05) is 6.07 Å². The summed E-state index contributed by atoms with van der Waals surface area (Å²) < 4.78 is 0. The fourth-order valence-corrected chi connectivity index (χ4v) is 3.43. The molecule has 0 fully saturated rings. The standard InChI is InChI=1S/C13H12N2O3S/c16-10-5-2-6-11-12(10)14-13(19-11)8-3-1-4-9(7-8)15(17)18/h1,3-4,7,10,16H,2,5-6H2. The van der Waals surface area contributed by atoms with Crippen LogP contribution in [0.25, 0.3) is 10.6 Å². The second kappa shape index (κ2) is 4.71. The highest BCUT2D eigenvalue weighted by Gasteiger charge is 2.23. The Morgan fingerprint density at radius 1 is 1.47 bits per heavy atom. The molecule has 19 heavy (non-hydrogen) atoms. The van der Waals surface area contributed by atoms with Gasteiger partial charge in [0.25, 0.3) is 5.69 Å². The molecule has 5 nitrogen and oxygen atoms in total. The minimum atomic E-state index is -0.493. The predicted octanol–water partition coefficient (Wildman–Crippen LogP) is 3.09. The number of aliphatic hydroxyl groups excluding tert-OH is 1. The Bertz CT molecular complexity index is 639. The summed E-state index contributed by atoms with van der Waals surface area (Å²) in [6, 6.07) is 6.45. The molecule has 2 aromatic rings. The van der Waals surface area contributed by atoms with Crippen LogP contribution < -0.4 is 0 Å². The molecule has 98 valence electrons. The second-order valence-corrected chi connectivity index (χ2v) is 5.63. The second-order valence-electron chi connectivity index (χ2n) is 4.54. The maximum atomic E-state index is 10.8. The quantitative estimate of drug-likeness (QED) is 0.675. The molecule has 0 saturated heterocycles. The third-order valence-electron chi connectivity index (χ3n) is 3.23. The molecule has 1 atom stereocenters. The van der Waals surface area contributed by atoms with E-state index in [4.69, 9.17) is 0 Å². The largest absolute Gasteiger partial charge is 0.387 e. The predicted molar refractivity (Wildman–Crippen MR) is 72.1 cm³/mol. The summed E-state index contributed by atoms with van der Waals surface area (Å²) in [5.74, 6) is 0. The zero-order valence-corrected chi connectivity index (χ0v) is 10.9. The number of nitro groups is 1. The third kappa shape index (κ3) is 2.24. The number of thiazole rings is 1. The SMILES string of the molecule is O=[N+]([O-])c1cccc(-c2nc3c(s2)CCCC3O)c1. The number of aliphatic hydroxyl groups is 1. The van der Waals surface area contributed by atoms with Gasteiger partial charge in [0.05, 0.1) is 16.7 Å². The van der Waals surface area contributed by atoms with Gasteiger partial charge in [0, 0.05) is 22.6 Å². The van der Waals surface area contributed by atoms with E-state index in [9.17, 15) is 15.2 Å². The lowest BCUT2D eigenvalue weighted by atomic mass is 10.0. The normalized spacial score (nSPS) is 18.1. The number of non-ortho nitro benzene ring substituents is 1. The first kappa shape index (κ1) is 12.3. The van der Waals surface area contributed by atoms with Crippen molar-refractivity contribution in [2.24, 2.45) is 0 Å². The molecule has 0 saturated carbocycles. The van der Waals surface area contributed by atoms with Crippen molar-refractivity contribution in [3.05, 3.63) is 45.0 Å². The summed E-state index contributed by atoms with van der Waals surface area (Å²) in [7, 11) is 0. The fraction of sp³-hybridized carbons (Fsp3) is 0.308. The first-order valence-electron chi connectivity index (χ1n) is 6.07. The number of hydrogen-bond acceptors (Lipinski definition) is 5. The zero-order chi connectivity index (χ0) is 13.4. The highest BCUT2D eigenvalue weighted by molar-refractivity contribution is 7.15. The van der Waals surface area contributed by atoms with E-state index < -0.39 is 11.0 Å². The average molecular weight is 276 g/mol. The fourth-order valence-electron chi connectivity index (χ4n) is 2.27. The minimum Gasteiger partial charge on any atom is -0.387 e. The van der Waals surface area contributed by atoms with Crippen LogP contribution in [0.3, 0.4) is 0 Å². The van der Waals surface area contributed by atoms with Crippen LogP contribution in [0.1, 0.15) is 29.5 Å². The number of fused-ring (bicyclic) bond motifs is 1. The first-order valence-corrected chi connectivity index (χ1v) is 6.89. The van der Waals surface area contributed by atoms with Gasteiger partial charge >= 0.3 is 0 Å². The van der Waals surface area contributed by atoms with Gasteiger partial charge in [-0.05, 0) is 19.3 Å². The van der Waals surface area contributed by atoms with Crippen molar-refractivity contribution in [1.29, 1.82) is 0 Å². The van der Waals surface area contributed by atoms with E-state index in [2.05, 4.69) is 4.98 Å². The summed E-state index contributed by atoms with van der Waals surface area (Å²) in [5.41, 5.74) is 1.55. The molecule has 0 bridgehead atoms. The van der Waals surface area contributed by atoms with Crippen LogP contribution in [0.4, 0.5) is 5.69 Å². The monoisotopic (exact) mass is 276 g/mol. The van der Waals surface area contributed by atoms with Crippen molar-refractivity contribution in [1.82, 2.24) is 4.98 Å². The van der Waals surface area contributed by atoms with E-state index in [0.717, 1.165) is 40.4 Å². The molecular formula is C13H12N2O3S. The lowest BCUT2D eigenvalue weighted by Gasteiger charge is -2.14. The van der Waals surface area contributed by atoms with Crippen LogP contribution in [0.2, 0.25) is 0 Å². The van der Waals surface area contributed by atoms with Gasteiger partial charge in [-0.15, -0.1) is 11.3 Å². The van der Waals surface area contributed by atoms with Crippen molar-refractivity contribution >= 4 is 17.0 Å². The Morgan fingerprint density at radius 3 is 3.05 bits per heavy atom.